The molecule has 0 radical (unpaired) electrons. The number of alkyl halides is 1. The molecule has 72 valence electrons. The van der Waals surface area contributed by atoms with Crippen LogP contribution in [0.4, 0.5) is 0 Å². The Bertz CT molecular complexity index is 145. The van der Waals surface area contributed by atoms with E-state index in [1.165, 1.54) is 0 Å². The largest absolute Gasteiger partial charge is 0.394 e. The number of aliphatic hydroxyl groups is 1. The molecule has 2 nitrogen and oxygen atoms in total. The third kappa shape index (κ3) is 4.10. The molecule has 0 aliphatic carbocycles. The van der Waals surface area contributed by atoms with Crippen LogP contribution in [0.1, 0.15) is 13.8 Å². The van der Waals surface area contributed by atoms with Crippen LogP contribution in [-0.2, 0) is 0 Å². The average Bonchev–Trinajstić information content (AvgIpc) is 2.05. The maximum absolute atomic E-state index is 9.03. The van der Waals surface area contributed by atoms with Gasteiger partial charge in [-0.15, -0.1) is 11.6 Å². The number of rotatable bonds is 5. The van der Waals surface area contributed by atoms with Gasteiger partial charge in [-0.2, -0.15) is 0 Å². The van der Waals surface area contributed by atoms with Crippen LogP contribution in [0.5, 0.6) is 0 Å². The third-order valence-electron chi connectivity index (χ3n) is 2.06. The zero-order chi connectivity index (χ0) is 9.61. The quantitative estimate of drug-likeness (QED) is 0.526. The number of aliphatic hydroxyl groups excluding tert-OH is 1. The summed E-state index contributed by atoms with van der Waals surface area (Å²) in [6.45, 7) is 4.99. The van der Waals surface area contributed by atoms with Gasteiger partial charge in [-0.3, -0.25) is 4.90 Å². The predicted octanol–water partition coefficient (Wildman–Crippen LogP) is 1.48. The first-order valence-corrected chi connectivity index (χ1v) is 4.61. The summed E-state index contributed by atoms with van der Waals surface area (Å²) in [5, 5.41) is 9.03. The minimum absolute atomic E-state index is 0.156. The van der Waals surface area contributed by atoms with Gasteiger partial charge >= 0.3 is 0 Å². The van der Waals surface area contributed by atoms with E-state index in [9.17, 15) is 0 Å². The molecule has 0 rings (SSSR count). The van der Waals surface area contributed by atoms with Crippen LogP contribution in [0.3, 0.4) is 0 Å². The lowest BCUT2D eigenvalue weighted by atomic mass is 10.1. The van der Waals surface area contributed by atoms with Crippen molar-refractivity contribution in [3.63, 3.8) is 0 Å². The van der Waals surface area contributed by atoms with E-state index in [0.29, 0.717) is 5.88 Å². The lowest BCUT2D eigenvalue weighted by molar-refractivity contribution is 0.0886. The number of allylic oxidation sites excluding steroid dienone is 1. The van der Waals surface area contributed by atoms with Crippen molar-refractivity contribution in [2.24, 2.45) is 0 Å². The fourth-order valence-corrected chi connectivity index (χ4v) is 0.789. The highest BCUT2D eigenvalue weighted by molar-refractivity contribution is 6.18. The molecule has 12 heavy (non-hydrogen) atoms. The van der Waals surface area contributed by atoms with E-state index in [1.807, 2.05) is 33.0 Å². The van der Waals surface area contributed by atoms with E-state index in [4.69, 9.17) is 16.7 Å². The molecule has 0 aliphatic heterocycles. The molecule has 0 aliphatic rings. The standard InChI is InChI=1S/C9H18ClNO/c1-9(2,8-12)11(3)7-5-4-6-10/h4-5,12H,6-8H2,1-3H3/b5-4+. The Morgan fingerprint density at radius 1 is 1.42 bits per heavy atom. The molecule has 0 aromatic rings. The number of likely N-dealkylation sites (N-methyl/N-ethyl adjacent to an activating group) is 1. The molecular formula is C9H18ClNO. The van der Waals surface area contributed by atoms with Crippen LogP contribution in [-0.4, -0.2) is 41.6 Å². The monoisotopic (exact) mass is 191 g/mol. The zero-order valence-corrected chi connectivity index (χ0v) is 8.80. The van der Waals surface area contributed by atoms with Crippen molar-refractivity contribution in [3.8, 4) is 0 Å². The second kappa shape index (κ2) is 5.57. The van der Waals surface area contributed by atoms with Gasteiger partial charge in [-0.05, 0) is 20.9 Å². The van der Waals surface area contributed by atoms with Gasteiger partial charge in [-0.25, -0.2) is 0 Å². The van der Waals surface area contributed by atoms with Gasteiger partial charge in [0.05, 0.1) is 6.61 Å². The summed E-state index contributed by atoms with van der Waals surface area (Å²) in [4.78, 5) is 2.08. The fraction of sp³-hybridized carbons (Fsp3) is 0.778. The molecule has 0 saturated carbocycles. The van der Waals surface area contributed by atoms with E-state index < -0.39 is 0 Å². The Morgan fingerprint density at radius 3 is 2.42 bits per heavy atom. The molecule has 0 bridgehead atoms. The van der Waals surface area contributed by atoms with Crippen molar-refractivity contribution in [2.45, 2.75) is 19.4 Å². The highest BCUT2D eigenvalue weighted by Gasteiger charge is 2.20. The molecule has 0 atom stereocenters. The predicted molar refractivity (Wildman–Crippen MR) is 53.7 cm³/mol. The van der Waals surface area contributed by atoms with Crippen molar-refractivity contribution in [2.75, 3.05) is 26.1 Å². The van der Waals surface area contributed by atoms with Gasteiger partial charge in [0.25, 0.3) is 0 Å². The molecule has 0 aromatic carbocycles. The van der Waals surface area contributed by atoms with Gasteiger partial charge in [0, 0.05) is 18.0 Å². The van der Waals surface area contributed by atoms with E-state index >= 15 is 0 Å². The lowest BCUT2D eigenvalue weighted by Crippen LogP contribution is -2.44. The Balaban J connectivity index is 3.86. The third-order valence-corrected chi connectivity index (χ3v) is 2.23. The van der Waals surface area contributed by atoms with Gasteiger partial charge in [0.2, 0.25) is 0 Å². The van der Waals surface area contributed by atoms with Crippen molar-refractivity contribution >= 4 is 11.6 Å². The minimum atomic E-state index is -0.156. The second-order valence-electron chi connectivity index (χ2n) is 3.48. The molecule has 3 heteroatoms. The van der Waals surface area contributed by atoms with Crippen LogP contribution >= 0.6 is 11.6 Å². The Morgan fingerprint density at radius 2 is 2.00 bits per heavy atom. The number of nitrogens with zero attached hydrogens (tertiary/aromatic N) is 1. The SMILES string of the molecule is CN(C/C=C/CCl)C(C)(C)CO. The number of hydrogen-bond acceptors (Lipinski definition) is 2. The fourth-order valence-electron chi connectivity index (χ4n) is 0.663. The van der Waals surface area contributed by atoms with E-state index in [-0.39, 0.29) is 12.1 Å². The molecule has 1 N–H and O–H groups in total. The summed E-state index contributed by atoms with van der Waals surface area (Å²) in [5.41, 5.74) is -0.156. The molecule has 0 saturated heterocycles. The van der Waals surface area contributed by atoms with Gasteiger partial charge < -0.3 is 5.11 Å². The molecule has 0 amide bonds. The van der Waals surface area contributed by atoms with Crippen LogP contribution in [0.15, 0.2) is 12.2 Å². The molecule has 0 fully saturated rings. The van der Waals surface area contributed by atoms with Crippen molar-refractivity contribution in [1.29, 1.82) is 0 Å². The topological polar surface area (TPSA) is 23.5 Å². The normalized spacial score (nSPS) is 13.2. The van der Waals surface area contributed by atoms with Crippen LogP contribution < -0.4 is 0 Å². The summed E-state index contributed by atoms with van der Waals surface area (Å²) < 4.78 is 0. The van der Waals surface area contributed by atoms with Gasteiger partial charge in [0.15, 0.2) is 0 Å². The van der Waals surface area contributed by atoms with Gasteiger partial charge in [-0.1, -0.05) is 12.2 Å². The zero-order valence-electron chi connectivity index (χ0n) is 8.05. The highest BCUT2D eigenvalue weighted by Crippen LogP contribution is 2.09. The molecule has 0 heterocycles. The lowest BCUT2D eigenvalue weighted by Gasteiger charge is -2.32. The molecule has 0 spiro atoms. The van der Waals surface area contributed by atoms with E-state index in [0.717, 1.165) is 6.54 Å². The smallest absolute Gasteiger partial charge is 0.0610 e. The molecule has 0 aromatic heterocycles. The Kier molecular flexibility index (Phi) is 5.55. The minimum Gasteiger partial charge on any atom is -0.394 e. The maximum Gasteiger partial charge on any atom is 0.0610 e. The van der Waals surface area contributed by atoms with Crippen molar-refractivity contribution < 1.29 is 5.11 Å². The summed E-state index contributed by atoms with van der Waals surface area (Å²) in [6, 6.07) is 0. The highest BCUT2D eigenvalue weighted by atomic mass is 35.5. The summed E-state index contributed by atoms with van der Waals surface area (Å²) >= 11 is 5.48. The van der Waals surface area contributed by atoms with E-state index in [2.05, 4.69) is 4.90 Å². The Hall–Kier alpha value is -0.0500. The second-order valence-corrected chi connectivity index (χ2v) is 3.79. The van der Waals surface area contributed by atoms with Crippen LogP contribution in [0.2, 0.25) is 0 Å². The summed E-state index contributed by atoms with van der Waals surface area (Å²) in [7, 11) is 1.98. The first kappa shape index (κ1) is 11.9. The number of hydrogen-bond donors (Lipinski definition) is 1. The average molecular weight is 192 g/mol. The van der Waals surface area contributed by atoms with Crippen molar-refractivity contribution in [3.05, 3.63) is 12.2 Å². The van der Waals surface area contributed by atoms with Crippen molar-refractivity contribution in [1.82, 2.24) is 4.90 Å². The van der Waals surface area contributed by atoms with Crippen LogP contribution in [0, 0.1) is 0 Å². The first-order chi connectivity index (χ1) is 5.54. The van der Waals surface area contributed by atoms with E-state index in [1.54, 1.807) is 0 Å². The maximum atomic E-state index is 9.03. The summed E-state index contributed by atoms with van der Waals surface area (Å²) in [6.07, 6.45) is 3.91. The van der Waals surface area contributed by atoms with Gasteiger partial charge in [0.1, 0.15) is 0 Å². The van der Waals surface area contributed by atoms with Crippen LogP contribution in [0.25, 0.3) is 0 Å². The molecular weight excluding hydrogens is 174 g/mol. The molecule has 0 unspecified atom stereocenters. The summed E-state index contributed by atoms with van der Waals surface area (Å²) in [5.74, 6) is 0.549. The first-order valence-electron chi connectivity index (χ1n) is 4.07. The number of halogens is 1. The Labute approximate surface area is 79.8 Å².